The van der Waals surface area contributed by atoms with E-state index in [0.29, 0.717) is 5.82 Å². The maximum atomic E-state index is 4.14. The van der Waals surface area contributed by atoms with E-state index in [-0.39, 0.29) is 0 Å². The van der Waals surface area contributed by atoms with Crippen LogP contribution < -0.4 is 16.1 Å². The van der Waals surface area contributed by atoms with Crippen molar-refractivity contribution in [3.63, 3.8) is 0 Å². The van der Waals surface area contributed by atoms with Gasteiger partial charge in [-0.25, -0.2) is 4.68 Å². The van der Waals surface area contributed by atoms with Gasteiger partial charge in [-0.15, -0.1) is 0 Å². The third-order valence-electron chi connectivity index (χ3n) is 1.33. The van der Waals surface area contributed by atoms with Gasteiger partial charge in [0.1, 0.15) is 6.20 Å². The van der Waals surface area contributed by atoms with Crippen LogP contribution in [0.3, 0.4) is 0 Å². The summed E-state index contributed by atoms with van der Waals surface area (Å²) < 4.78 is 1.67. The summed E-state index contributed by atoms with van der Waals surface area (Å²) in [6.07, 6.45) is 2.95. The molecule has 1 rings (SSSR count). The van der Waals surface area contributed by atoms with Crippen molar-refractivity contribution in [1.29, 1.82) is 0 Å². The molecule has 0 aliphatic carbocycles. The number of imidazole rings is 1. The molecular formula is C6H12N5. The van der Waals surface area contributed by atoms with E-state index in [1.54, 1.807) is 18.8 Å². The van der Waals surface area contributed by atoms with Crippen molar-refractivity contribution < 1.29 is 0 Å². The molecule has 5 heteroatoms. The van der Waals surface area contributed by atoms with E-state index in [1.165, 1.54) is 0 Å². The number of hydrogen-bond donors (Lipinski definition) is 3. The van der Waals surface area contributed by atoms with Crippen LogP contribution >= 0.6 is 0 Å². The second kappa shape index (κ2) is 3.14. The Balaban J connectivity index is 2.92. The molecule has 0 aromatic carbocycles. The maximum absolute atomic E-state index is 4.14. The molecule has 11 heavy (non-hydrogen) atoms. The molecule has 0 spiro atoms. The average Bonchev–Trinajstić information content (AvgIpc) is 2.46. The molecular weight excluding hydrogens is 142 g/mol. The van der Waals surface area contributed by atoms with Gasteiger partial charge in [-0.05, 0) is 0 Å². The molecule has 61 valence electrons. The van der Waals surface area contributed by atoms with E-state index in [2.05, 4.69) is 27.2 Å². The van der Waals surface area contributed by atoms with Crippen molar-refractivity contribution in [1.82, 2.24) is 9.66 Å². The van der Waals surface area contributed by atoms with Crippen molar-refractivity contribution in [2.24, 2.45) is 0 Å². The summed E-state index contributed by atoms with van der Waals surface area (Å²) in [7, 11) is 5.42. The van der Waals surface area contributed by atoms with E-state index >= 15 is 0 Å². The van der Waals surface area contributed by atoms with Crippen LogP contribution in [0.5, 0.6) is 0 Å². The van der Waals surface area contributed by atoms with E-state index in [0.717, 1.165) is 5.95 Å². The second-order valence-electron chi connectivity index (χ2n) is 1.95. The minimum absolute atomic E-state index is 0.712. The number of rotatable bonds is 3. The molecule has 0 saturated carbocycles. The SMILES string of the molecule is CNc1[c]n(NC)c(NC)n1. The van der Waals surface area contributed by atoms with Gasteiger partial charge in [-0.2, -0.15) is 4.98 Å². The largest absolute Gasteiger partial charge is 0.371 e. The lowest BCUT2D eigenvalue weighted by Crippen LogP contribution is -2.11. The van der Waals surface area contributed by atoms with Crippen LogP contribution in [0.4, 0.5) is 11.8 Å². The number of nitrogens with one attached hydrogen (secondary N) is 3. The Morgan fingerprint density at radius 3 is 2.36 bits per heavy atom. The molecule has 0 amide bonds. The van der Waals surface area contributed by atoms with Gasteiger partial charge < -0.3 is 16.1 Å². The molecule has 0 saturated heterocycles. The Labute approximate surface area is 65.8 Å². The summed E-state index contributed by atoms with van der Waals surface area (Å²) in [6, 6.07) is 0. The van der Waals surface area contributed by atoms with Crippen LogP contribution in [-0.4, -0.2) is 30.8 Å². The molecule has 1 aromatic rings. The summed E-state index contributed by atoms with van der Waals surface area (Å²) in [5.74, 6) is 1.44. The lowest BCUT2D eigenvalue weighted by Gasteiger charge is -2.02. The van der Waals surface area contributed by atoms with Gasteiger partial charge >= 0.3 is 0 Å². The van der Waals surface area contributed by atoms with Gasteiger partial charge in [0.05, 0.1) is 0 Å². The van der Waals surface area contributed by atoms with Crippen LogP contribution in [0.25, 0.3) is 0 Å². The number of nitrogens with zero attached hydrogens (tertiary/aromatic N) is 2. The quantitative estimate of drug-likeness (QED) is 0.571. The fourth-order valence-corrected chi connectivity index (χ4v) is 0.781. The Kier molecular flexibility index (Phi) is 2.20. The molecule has 0 atom stereocenters. The molecule has 0 aliphatic rings. The first-order valence-corrected chi connectivity index (χ1v) is 3.37. The highest BCUT2D eigenvalue weighted by molar-refractivity contribution is 5.40. The molecule has 0 fully saturated rings. The van der Waals surface area contributed by atoms with Crippen molar-refractivity contribution in [3.8, 4) is 0 Å². The Morgan fingerprint density at radius 2 is 2.00 bits per heavy atom. The molecule has 1 heterocycles. The zero-order valence-corrected chi connectivity index (χ0v) is 6.89. The Hall–Kier alpha value is -1.39. The van der Waals surface area contributed by atoms with Crippen molar-refractivity contribution in [2.45, 2.75) is 0 Å². The van der Waals surface area contributed by atoms with E-state index in [1.807, 2.05) is 7.05 Å². The van der Waals surface area contributed by atoms with Crippen molar-refractivity contribution in [3.05, 3.63) is 6.20 Å². The normalized spacial score (nSPS) is 9.36. The zero-order chi connectivity index (χ0) is 8.27. The predicted molar refractivity (Wildman–Crippen MR) is 45.4 cm³/mol. The highest BCUT2D eigenvalue weighted by Crippen LogP contribution is 2.07. The Bertz CT molecular complexity index is 207. The predicted octanol–water partition coefficient (Wildman–Crippen LogP) is -0.0600. The minimum Gasteiger partial charge on any atom is -0.371 e. The van der Waals surface area contributed by atoms with Crippen molar-refractivity contribution >= 4 is 11.8 Å². The van der Waals surface area contributed by atoms with Crippen molar-refractivity contribution in [2.75, 3.05) is 37.2 Å². The lowest BCUT2D eigenvalue weighted by molar-refractivity contribution is 0.922. The smallest absolute Gasteiger partial charge is 0.224 e. The summed E-state index contributed by atoms with van der Waals surface area (Å²) in [4.78, 5) is 4.14. The summed E-state index contributed by atoms with van der Waals surface area (Å²) in [5.41, 5.74) is 2.90. The maximum Gasteiger partial charge on any atom is 0.224 e. The van der Waals surface area contributed by atoms with Gasteiger partial charge in [-0.1, -0.05) is 0 Å². The molecule has 0 aliphatic heterocycles. The van der Waals surface area contributed by atoms with Gasteiger partial charge in [0.2, 0.25) is 5.95 Å². The first-order valence-electron chi connectivity index (χ1n) is 3.37. The topological polar surface area (TPSA) is 53.9 Å². The first kappa shape index (κ1) is 7.71. The first-order chi connectivity index (χ1) is 5.31. The molecule has 1 aromatic heterocycles. The standard InChI is InChI=1S/C6H12N5/c1-7-5-4-11(9-3)6(8-2)10-5/h7,9H,1-3H3,(H,8,10). The highest BCUT2D eigenvalue weighted by atomic mass is 15.5. The zero-order valence-electron chi connectivity index (χ0n) is 6.89. The van der Waals surface area contributed by atoms with Crippen LogP contribution in [0, 0.1) is 6.20 Å². The summed E-state index contributed by atoms with van der Waals surface area (Å²) in [6.45, 7) is 0. The number of anilines is 2. The second-order valence-corrected chi connectivity index (χ2v) is 1.95. The van der Waals surface area contributed by atoms with E-state index in [9.17, 15) is 0 Å². The van der Waals surface area contributed by atoms with Crippen LogP contribution in [-0.2, 0) is 0 Å². The third-order valence-corrected chi connectivity index (χ3v) is 1.33. The third kappa shape index (κ3) is 1.36. The minimum atomic E-state index is 0.712. The molecule has 5 nitrogen and oxygen atoms in total. The van der Waals surface area contributed by atoms with E-state index < -0.39 is 0 Å². The summed E-state index contributed by atoms with van der Waals surface area (Å²) >= 11 is 0. The Morgan fingerprint density at radius 1 is 1.27 bits per heavy atom. The summed E-state index contributed by atoms with van der Waals surface area (Å²) in [5, 5.41) is 5.81. The monoisotopic (exact) mass is 154 g/mol. The fourth-order valence-electron chi connectivity index (χ4n) is 0.781. The molecule has 1 radical (unpaired) electrons. The van der Waals surface area contributed by atoms with Crippen LogP contribution in [0.1, 0.15) is 0 Å². The van der Waals surface area contributed by atoms with Gasteiger partial charge in [0.15, 0.2) is 5.82 Å². The average molecular weight is 154 g/mol. The molecule has 3 N–H and O–H groups in total. The number of hydrogen-bond acceptors (Lipinski definition) is 4. The number of aromatic nitrogens is 2. The van der Waals surface area contributed by atoms with Crippen LogP contribution in [0.2, 0.25) is 0 Å². The molecule has 0 bridgehead atoms. The van der Waals surface area contributed by atoms with Gasteiger partial charge in [-0.3, -0.25) is 0 Å². The lowest BCUT2D eigenvalue weighted by atomic mass is 10.8. The van der Waals surface area contributed by atoms with Gasteiger partial charge in [0.25, 0.3) is 0 Å². The van der Waals surface area contributed by atoms with Crippen LogP contribution in [0.15, 0.2) is 0 Å². The van der Waals surface area contributed by atoms with Gasteiger partial charge in [0, 0.05) is 21.1 Å². The fraction of sp³-hybridized carbons (Fsp3) is 0.500. The highest BCUT2D eigenvalue weighted by Gasteiger charge is 2.02. The van der Waals surface area contributed by atoms with E-state index in [4.69, 9.17) is 0 Å². The molecule has 0 unspecified atom stereocenters.